The van der Waals surface area contributed by atoms with Crippen molar-refractivity contribution in [3.63, 3.8) is 0 Å². The maximum Gasteiger partial charge on any atom is 0.140 e. The van der Waals surface area contributed by atoms with Gasteiger partial charge in [-0.05, 0) is 18.6 Å². The molecule has 1 aromatic rings. The number of methoxy groups -OCH3 is 1. The summed E-state index contributed by atoms with van der Waals surface area (Å²) < 4.78 is 10.3. The van der Waals surface area contributed by atoms with E-state index in [4.69, 9.17) is 14.7 Å². The zero-order valence-electron chi connectivity index (χ0n) is 8.41. The van der Waals surface area contributed by atoms with Crippen LogP contribution in [0.2, 0.25) is 0 Å². The quantitative estimate of drug-likeness (QED) is 0.682. The SMILES string of the molecule is COCCOc1c(C)cccc1C#N. The third-order valence-electron chi connectivity index (χ3n) is 1.87. The highest BCUT2D eigenvalue weighted by Crippen LogP contribution is 2.22. The van der Waals surface area contributed by atoms with Crippen LogP contribution in [0.3, 0.4) is 0 Å². The number of rotatable bonds is 4. The lowest BCUT2D eigenvalue weighted by Gasteiger charge is -2.09. The van der Waals surface area contributed by atoms with Crippen LogP contribution in [-0.2, 0) is 4.74 Å². The Kier molecular flexibility index (Phi) is 3.96. The van der Waals surface area contributed by atoms with Crippen LogP contribution >= 0.6 is 0 Å². The summed E-state index contributed by atoms with van der Waals surface area (Å²) in [7, 11) is 1.62. The molecule has 0 aliphatic heterocycles. The third kappa shape index (κ3) is 2.48. The van der Waals surface area contributed by atoms with Crippen molar-refractivity contribution in [2.45, 2.75) is 6.92 Å². The summed E-state index contributed by atoms with van der Waals surface area (Å²) in [6.07, 6.45) is 0. The van der Waals surface area contributed by atoms with E-state index in [0.29, 0.717) is 24.5 Å². The van der Waals surface area contributed by atoms with E-state index < -0.39 is 0 Å². The number of hydrogen-bond donors (Lipinski definition) is 0. The van der Waals surface area contributed by atoms with Crippen LogP contribution in [-0.4, -0.2) is 20.3 Å². The molecular formula is C11H13NO2. The van der Waals surface area contributed by atoms with Crippen LogP contribution in [0.15, 0.2) is 18.2 Å². The normalized spacial score (nSPS) is 9.50. The number of benzene rings is 1. The van der Waals surface area contributed by atoms with E-state index in [1.54, 1.807) is 13.2 Å². The summed E-state index contributed by atoms with van der Waals surface area (Å²) in [6.45, 7) is 2.91. The average Bonchev–Trinajstić information content (AvgIpc) is 2.20. The van der Waals surface area contributed by atoms with Gasteiger partial charge in [0.15, 0.2) is 0 Å². The summed E-state index contributed by atoms with van der Waals surface area (Å²) in [5, 5.41) is 8.84. The van der Waals surface area contributed by atoms with Crippen LogP contribution < -0.4 is 4.74 Å². The van der Waals surface area contributed by atoms with Crippen molar-refractivity contribution in [2.24, 2.45) is 0 Å². The first-order valence-electron chi connectivity index (χ1n) is 4.41. The lowest BCUT2D eigenvalue weighted by atomic mass is 10.1. The van der Waals surface area contributed by atoms with E-state index in [9.17, 15) is 0 Å². The number of aryl methyl sites for hydroxylation is 1. The van der Waals surface area contributed by atoms with Gasteiger partial charge in [0.1, 0.15) is 18.4 Å². The van der Waals surface area contributed by atoms with Gasteiger partial charge in [-0.1, -0.05) is 12.1 Å². The third-order valence-corrected chi connectivity index (χ3v) is 1.87. The van der Waals surface area contributed by atoms with Gasteiger partial charge in [0.2, 0.25) is 0 Å². The number of ether oxygens (including phenoxy) is 2. The van der Waals surface area contributed by atoms with Crippen molar-refractivity contribution in [3.8, 4) is 11.8 Å². The Morgan fingerprint density at radius 2 is 2.14 bits per heavy atom. The van der Waals surface area contributed by atoms with E-state index >= 15 is 0 Å². The highest BCUT2D eigenvalue weighted by molar-refractivity contribution is 5.47. The summed E-state index contributed by atoms with van der Waals surface area (Å²) in [5.41, 5.74) is 1.54. The van der Waals surface area contributed by atoms with E-state index in [0.717, 1.165) is 5.56 Å². The molecule has 0 aliphatic carbocycles. The Bertz CT molecular complexity index is 342. The Hall–Kier alpha value is -1.53. The molecule has 3 heteroatoms. The van der Waals surface area contributed by atoms with E-state index in [1.807, 2.05) is 19.1 Å². The van der Waals surface area contributed by atoms with Crippen molar-refractivity contribution in [1.82, 2.24) is 0 Å². The fourth-order valence-electron chi connectivity index (χ4n) is 1.16. The largest absolute Gasteiger partial charge is 0.490 e. The molecule has 0 spiro atoms. The molecule has 0 atom stereocenters. The van der Waals surface area contributed by atoms with Crippen LogP contribution in [0.25, 0.3) is 0 Å². The molecule has 0 aliphatic rings. The second-order valence-electron chi connectivity index (χ2n) is 2.90. The minimum Gasteiger partial charge on any atom is -0.490 e. The van der Waals surface area contributed by atoms with E-state index in [2.05, 4.69) is 6.07 Å². The molecule has 0 heterocycles. The van der Waals surface area contributed by atoms with E-state index in [-0.39, 0.29) is 0 Å². The summed E-state index contributed by atoms with van der Waals surface area (Å²) >= 11 is 0. The van der Waals surface area contributed by atoms with Gasteiger partial charge in [0, 0.05) is 7.11 Å². The zero-order chi connectivity index (χ0) is 10.4. The molecule has 14 heavy (non-hydrogen) atoms. The van der Waals surface area contributed by atoms with Gasteiger partial charge in [-0.2, -0.15) is 5.26 Å². The molecule has 74 valence electrons. The standard InChI is InChI=1S/C11H13NO2/c1-9-4-3-5-10(8-12)11(9)14-7-6-13-2/h3-5H,6-7H2,1-2H3. The molecule has 3 nitrogen and oxygen atoms in total. The molecule has 0 saturated carbocycles. The minimum absolute atomic E-state index is 0.468. The summed E-state index contributed by atoms with van der Waals surface area (Å²) in [6, 6.07) is 7.61. The molecule has 0 N–H and O–H groups in total. The first-order chi connectivity index (χ1) is 6.79. The molecule has 0 saturated heterocycles. The number of para-hydroxylation sites is 1. The minimum atomic E-state index is 0.468. The molecule has 0 amide bonds. The fourth-order valence-corrected chi connectivity index (χ4v) is 1.16. The maximum atomic E-state index is 8.84. The number of nitrogens with zero attached hydrogens (tertiary/aromatic N) is 1. The van der Waals surface area contributed by atoms with Crippen molar-refractivity contribution in [3.05, 3.63) is 29.3 Å². The van der Waals surface area contributed by atoms with Gasteiger partial charge in [0.25, 0.3) is 0 Å². The predicted octanol–water partition coefficient (Wildman–Crippen LogP) is 1.89. The van der Waals surface area contributed by atoms with Gasteiger partial charge in [-0.25, -0.2) is 0 Å². The van der Waals surface area contributed by atoms with Gasteiger partial charge in [-0.15, -0.1) is 0 Å². The van der Waals surface area contributed by atoms with Crippen LogP contribution in [0, 0.1) is 18.3 Å². The lowest BCUT2D eigenvalue weighted by Crippen LogP contribution is -2.06. The number of nitriles is 1. The first-order valence-corrected chi connectivity index (χ1v) is 4.41. The van der Waals surface area contributed by atoms with Crippen molar-refractivity contribution in [1.29, 1.82) is 5.26 Å². The Morgan fingerprint density at radius 3 is 2.79 bits per heavy atom. The van der Waals surface area contributed by atoms with Gasteiger partial charge < -0.3 is 9.47 Å². The molecule has 0 radical (unpaired) electrons. The molecule has 1 aromatic carbocycles. The monoisotopic (exact) mass is 191 g/mol. The molecule has 0 unspecified atom stereocenters. The topological polar surface area (TPSA) is 42.2 Å². The van der Waals surface area contributed by atoms with Crippen molar-refractivity contribution in [2.75, 3.05) is 20.3 Å². The fraction of sp³-hybridized carbons (Fsp3) is 0.364. The van der Waals surface area contributed by atoms with Gasteiger partial charge >= 0.3 is 0 Å². The highest BCUT2D eigenvalue weighted by atomic mass is 16.5. The average molecular weight is 191 g/mol. The van der Waals surface area contributed by atoms with Crippen molar-refractivity contribution < 1.29 is 9.47 Å². The van der Waals surface area contributed by atoms with Gasteiger partial charge in [0.05, 0.1) is 12.2 Å². The summed E-state index contributed by atoms with van der Waals surface area (Å²) in [4.78, 5) is 0. The van der Waals surface area contributed by atoms with E-state index in [1.165, 1.54) is 0 Å². The second kappa shape index (κ2) is 5.25. The van der Waals surface area contributed by atoms with Crippen LogP contribution in [0.1, 0.15) is 11.1 Å². The Labute approximate surface area is 83.9 Å². The molecule has 0 bridgehead atoms. The number of hydrogen-bond acceptors (Lipinski definition) is 3. The first kappa shape index (κ1) is 10.6. The lowest BCUT2D eigenvalue weighted by molar-refractivity contribution is 0.146. The maximum absolute atomic E-state index is 8.84. The molecule has 0 fully saturated rings. The predicted molar refractivity (Wildman–Crippen MR) is 53.3 cm³/mol. The highest BCUT2D eigenvalue weighted by Gasteiger charge is 2.05. The molecule has 1 rings (SSSR count). The smallest absolute Gasteiger partial charge is 0.140 e. The Morgan fingerprint density at radius 1 is 1.36 bits per heavy atom. The zero-order valence-corrected chi connectivity index (χ0v) is 8.41. The second-order valence-corrected chi connectivity index (χ2v) is 2.90. The molecular weight excluding hydrogens is 178 g/mol. The van der Waals surface area contributed by atoms with Crippen LogP contribution in [0.5, 0.6) is 5.75 Å². The summed E-state index contributed by atoms with van der Waals surface area (Å²) in [5.74, 6) is 0.659. The Balaban J connectivity index is 2.78. The molecule has 0 aromatic heterocycles. The van der Waals surface area contributed by atoms with Crippen LogP contribution in [0.4, 0.5) is 0 Å². The van der Waals surface area contributed by atoms with Crippen molar-refractivity contribution >= 4 is 0 Å². The van der Waals surface area contributed by atoms with Gasteiger partial charge in [-0.3, -0.25) is 0 Å².